The summed E-state index contributed by atoms with van der Waals surface area (Å²) in [6.45, 7) is 0.733. The molecule has 0 unspecified atom stereocenters. The molecule has 1 amide bonds. The molecule has 0 radical (unpaired) electrons. The quantitative estimate of drug-likeness (QED) is 0.795. The van der Waals surface area contributed by atoms with Gasteiger partial charge in [-0.1, -0.05) is 30.4 Å². The smallest absolute Gasteiger partial charge is 0.237 e. The van der Waals surface area contributed by atoms with E-state index in [1.54, 1.807) is 0 Å². The first-order valence-corrected chi connectivity index (χ1v) is 7.43. The van der Waals surface area contributed by atoms with E-state index in [0.29, 0.717) is 0 Å². The molecule has 20 heavy (non-hydrogen) atoms. The highest BCUT2D eigenvalue weighted by Crippen LogP contribution is 2.54. The average molecular weight is 269 g/mol. The molecule has 1 saturated carbocycles. The van der Waals surface area contributed by atoms with Gasteiger partial charge in [-0.25, -0.2) is 0 Å². The number of nitrogens with zero attached hydrogens (tertiary/aromatic N) is 1. The molecule has 3 heteroatoms. The van der Waals surface area contributed by atoms with Gasteiger partial charge in [0.05, 0.1) is 11.5 Å². The molecule has 1 aromatic carbocycles. The number of carbonyl (C=O) groups excluding carboxylic acids is 1. The molecule has 3 nitrogen and oxygen atoms in total. The van der Waals surface area contributed by atoms with Crippen molar-refractivity contribution in [1.82, 2.24) is 0 Å². The number of amides is 1. The Morgan fingerprint density at radius 2 is 2.05 bits per heavy atom. The van der Waals surface area contributed by atoms with Crippen molar-refractivity contribution < 1.29 is 9.90 Å². The molecule has 1 aromatic rings. The van der Waals surface area contributed by atoms with Gasteiger partial charge < -0.3 is 10.0 Å². The lowest BCUT2D eigenvalue weighted by Crippen LogP contribution is -2.46. The Morgan fingerprint density at radius 3 is 2.85 bits per heavy atom. The Balaban J connectivity index is 1.74. The van der Waals surface area contributed by atoms with Crippen LogP contribution in [0.25, 0.3) is 0 Å². The summed E-state index contributed by atoms with van der Waals surface area (Å²) < 4.78 is 0. The first kappa shape index (κ1) is 12.2. The zero-order valence-corrected chi connectivity index (χ0v) is 11.4. The van der Waals surface area contributed by atoms with E-state index < -0.39 is 0 Å². The molecule has 1 saturated heterocycles. The van der Waals surface area contributed by atoms with Gasteiger partial charge in [-0.2, -0.15) is 0 Å². The van der Waals surface area contributed by atoms with Gasteiger partial charge in [-0.15, -0.1) is 0 Å². The molecule has 2 aliphatic carbocycles. The predicted octanol–water partition coefficient (Wildman–Crippen LogP) is 2.37. The summed E-state index contributed by atoms with van der Waals surface area (Å²) in [6, 6.07) is 9.89. The SMILES string of the molecule is O=C1N(c2ccccc2)C[C@H]2C[C@H](O)[C@@H]3CC=C[C@]12C3. The molecule has 4 atom stereocenters. The summed E-state index contributed by atoms with van der Waals surface area (Å²) in [7, 11) is 0. The molecular weight excluding hydrogens is 250 g/mol. The third kappa shape index (κ3) is 1.53. The van der Waals surface area contributed by atoms with Gasteiger partial charge in [0.1, 0.15) is 0 Å². The summed E-state index contributed by atoms with van der Waals surface area (Å²) in [5, 5.41) is 10.2. The minimum atomic E-state index is -0.349. The third-order valence-corrected chi connectivity index (χ3v) is 5.37. The maximum Gasteiger partial charge on any atom is 0.237 e. The highest BCUT2D eigenvalue weighted by atomic mass is 16.3. The number of allylic oxidation sites excluding steroid dienone is 1. The number of hydrogen-bond acceptors (Lipinski definition) is 2. The van der Waals surface area contributed by atoms with Crippen LogP contribution in [0.4, 0.5) is 5.69 Å². The number of para-hydroxylation sites is 1. The fourth-order valence-electron chi connectivity index (χ4n) is 4.28. The summed E-state index contributed by atoms with van der Waals surface area (Å²) in [4.78, 5) is 14.9. The van der Waals surface area contributed by atoms with E-state index in [1.807, 2.05) is 35.2 Å². The second-order valence-corrected chi connectivity index (χ2v) is 6.39. The van der Waals surface area contributed by atoms with Crippen LogP contribution in [0.3, 0.4) is 0 Å². The first-order valence-electron chi connectivity index (χ1n) is 7.43. The molecule has 2 fully saturated rings. The number of aliphatic hydroxyl groups excluding tert-OH is 1. The van der Waals surface area contributed by atoms with Crippen molar-refractivity contribution in [3.05, 3.63) is 42.5 Å². The zero-order chi connectivity index (χ0) is 13.7. The van der Waals surface area contributed by atoms with E-state index in [0.717, 1.165) is 31.5 Å². The minimum absolute atomic E-state index is 0.224. The summed E-state index contributed by atoms with van der Waals surface area (Å²) >= 11 is 0. The molecule has 104 valence electrons. The van der Waals surface area contributed by atoms with Gasteiger partial charge in [0.2, 0.25) is 5.91 Å². The van der Waals surface area contributed by atoms with Crippen LogP contribution < -0.4 is 4.90 Å². The van der Waals surface area contributed by atoms with E-state index >= 15 is 0 Å². The highest BCUT2D eigenvalue weighted by Gasteiger charge is 2.58. The van der Waals surface area contributed by atoms with Crippen molar-refractivity contribution >= 4 is 11.6 Å². The van der Waals surface area contributed by atoms with Gasteiger partial charge in [0.25, 0.3) is 0 Å². The average Bonchev–Trinajstić information content (AvgIpc) is 2.74. The molecule has 3 aliphatic rings. The fraction of sp³-hybridized carbons (Fsp3) is 0.471. The van der Waals surface area contributed by atoms with Crippen molar-refractivity contribution in [3.8, 4) is 0 Å². The third-order valence-electron chi connectivity index (χ3n) is 5.37. The van der Waals surface area contributed by atoms with E-state index in [2.05, 4.69) is 12.2 Å². The van der Waals surface area contributed by atoms with Gasteiger partial charge in [-0.3, -0.25) is 4.79 Å². The van der Waals surface area contributed by atoms with Crippen LogP contribution in [-0.2, 0) is 4.79 Å². The van der Waals surface area contributed by atoms with E-state index in [-0.39, 0.29) is 29.3 Å². The first-order chi connectivity index (χ1) is 9.71. The predicted molar refractivity (Wildman–Crippen MR) is 77.2 cm³/mol. The van der Waals surface area contributed by atoms with Gasteiger partial charge >= 0.3 is 0 Å². The molecular formula is C17H19NO2. The maximum atomic E-state index is 13.0. The molecule has 4 rings (SSSR count). The second-order valence-electron chi connectivity index (χ2n) is 6.39. The van der Waals surface area contributed by atoms with Crippen LogP contribution in [0, 0.1) is 17.3 Å². The minimum Gasteiger partial charge on any atom is -0.393 e. The number of carbonyl (C=O) groups is 1. The Bertz CT molecular complexity index is 568. The van der Waals surface area contributed by atoms with Crippen molar-refractivity contribution in [3.63, 3.8) is 0 Å². The largest absolute Gasteiger partial charge is 0.393 e. The van der Waals surface area contributed by atoms with E-state index in [4.69, 9.17) is 0 Å². The maximum absolute atomic E-state index is 13.0. The summed E-state index contributed by atoms with van der Waals surface area (Å²) in [6.07, 6.45) is 6.47. The lowest BCUT2D eigenvalue weighted by molar-refractivity contribution is -0.129. The number of aliphatic hydroxyl groups is 1. The number of fused-ring (bicyclic) bond motifs is 1. The number of anilines is 1. The van der Waals surface area contributed by atoms with Crippen LogP contribution in [0.1, 0.15) is 19.3 Å². The monoisotopic (exact) mass is 269 g/mol. The summed E-state index contributed by atoms with van der Waals surface area (Å²) in [5.74, 6) is 0.732. The van der Waals surface area contributed by atoms with Crippen molar-refractivity contribution in [2.45, 2.75) is 25.4 Å². The molecule has 1 N–H and O–H groups in total. The topological polar surface area (TPSA) is 40.5 Å². The van der Waals surface area contributed by atoms with Gasteiger partial charge in [0, 0.05) is 12.2 Å². The summed E-state index contributed by atoms with van der Waals surface area (Å²) in [5.41, 5.74) is 0.629. The number of benzene rings is 1. The van der Waals surface area contributed by atoms with Crippen molar-refractivity contribution in [2.24, 2.45) is 17.3 Å². The van der Waals surface area contributed by atoms with Crippen LogP contribution >= 0.6 is 0 Å². The van der Waals surface area contributed by atoms with Crippen LogP contribution in [-0.4, -0.2) is 23.7 Å². The molecule has 1 aliphatic heterocycles. The van der Waals surface area contributed by atoms with Crippen LogP contribution in [0.2, 0.25) is 0 Å². The van der Waals surface area contributed by atoms with E-state index in [9.17, 15) is 9.90 Å². The Kier molecular flexibility index (Phi) is 2.55. The van der Waals surface area contributed by atoms with Gasteiger partial charge in [-0.05, 0) is 43.2 Å². The Labute approximate surface area is 118 Å². The Hall–Kier alpha value is -1.61. The van der Waals surface area contributed by atoms with Gasteiger partial charge in [0.15, 0.2) is 0 Å². The lowest BCUT2D eigenvalue weighted by atomic mass is 9.60. The molecule has 1 spiro atoms. The second kappa shape index (κ2) is 4.19. The standard InChI is InChI=1S/C17H19NO2/c19-15-9-13-11-18(14-6-2-1-3-7-14)16(20)17(13)8-4-5-12(15)10-17/h1-4,6-8,12-13,15,19H,5,9-11H2/t12-,13-,15+,17-/m1/s1. The highest BCUT2D eigenvalue weighted by molar-refractivity contribution is 6.01. The molecule has 2 bridgehead atoms. The fourth-order valence-corrected chi connectivity index (χ4v) is 4.28. The normalized spacial score (nSPS) is 39.0. The Morgan fingerprint density at radius 1 is 1.25 bits per heavy atom. The molecule has 1 heterocycles. The molecule has 0 aromatic heterocycles. The van der Waals surface area contributed by atoms with Crippen molar-refractivity contribution in [2.75, 3.05) is 11.4 Å². The van der Waals surface area contributed by atoms with Crippen molar-refractivity contribution in [1.29, 1.82) is 0 Å². The lowest BCUT2D eigenvalue weighted by Gasteiger charge is -2.43. The van der Waals surface area contributed by atoms with Crippen LogP contribution in [0.5, 0.6) is 0 Å². The number of hydrogen-bond donors (Lipinski definition) is 1. The zero-order valence-electron chi connectivity index (χ0n) is 11.4. The van der Waals surface area contributed by atoms with Crippen LogP contribution in [0.15, 0.2) is 42.5 Å². The van der Waals surface area contributed by atoms with E-state index in [1.165, 1.54) is 0 Å². The number of rotatable bonds is 1.